The van der Waals surface area contributed by atoms with Crippen molar-refractivity contribution in [3.8, 4) is 17.4 Å². The largest absolute Gasteiger partial charge is 0.483 e. The summed E-state index contributed by atoms with van der Waals surface area (Å²) in [7, 11) is -3.98. The first-order chi connectivity index (χ1) is 16.3. The Hall–Kier alpha value is -2.17. The van der Waals surface area contributed by atoms with Crippen molar-refractivity contribution in [3.63, 3.8) is 0 Å². The van der Waals surface area contributed by atoms with Crippen molar-refractivity contribution in [2.24, 2.45) is 5.73 Å². The van der Waals surface area contributed by atoms with Crippen LogP contribution < -0.4 is 15.2 Å². The summed E-state index contributed by atoms with van der Waals surface area (Å²) in [6.07, 6.45) is -5.08. The summed E-state index contributed by atoms with van der Waals surface area (Å²) in [6.45, 7) is 6.36. The van der Waals surface area contributed by atoms with Crippen molar-refractivity contribution >= 4 is 25.0 Å². The summed E-state index contributed by atoms with van der Waals surface area (Å²) in [5, 5.41) is -2.22. The van der Waals surface area contributed by atoms with Gasteiger partial charge in [-0.05, 0) is 57.5 Å². The monoisotopic (exact) mass is 538 g/mol. The lowest BCUT2D eigenvalue weighted by atomic mass is 10.1. The van der Waals surface area contributed by atoms with Gasteiger partial charge in [-0.15, -0.1) is 0 Å². The van der Waals surface area contributed by atoms with E-state index in [0.717, 1.165) is 0 Å². The highest BCUT2D eigenvalue weighted by Gasteiger charge is 2.54. The van der Waals surface area contributed by atoms with Crippen LogP contribution in [0.25, 0.3) is 0 Å². The van der Waals surface area contributed by atoms with Crippen molar-refractivity contribution in [1.82, 2.24) is 4.98 Å². The molecule has 2 N–H and O–H groups in total. The molecule has 0 radical (unpaired) electrons. The van der Waals surface area contributed by atoms with Crippen molar-refractivity contribution in [3.05, 3.63) is 47.1 Å². The van der Waals surface area contributed by atoms with Gasteiger partial charge in [-0.25, -0.2) is 4.98 Å². The number of hydrogen-bond acceptors (Lipinski definition) is 8. The fraction of sp³-hybridized carbons (Fsp3) is 0.455. The second-order valence-corrected chi connectivity index (χ2v) is 10.0. The lowest BCUT2D eigenvalue weighted by Gasteiger charge is -2.35. The Kier molecular flexibility index (Phi) is 9.72. The summed E-state index contributed by atoms with van der Waals surface area (Å²) in [5.41, 5.74) is 5.25. The van der Waals surface area contributed by atoms with E-state index in [0.29, 0.717) is 12.3 Å². The van der Waals surface area contributed by atoms with Crippen LogP contribution in [0.15, 0.2) is 36.5 Å². The number of rotatable bonds is 12. The molecule has 0 amide bonds. The maximum absolute atomic E-state index is 13.2. The number of ketones is 1. The fourth-order valence-electron chi connectivity index (χ4n) is 3.07. The topological polar surface area (TPSA) is 110 Å². The highest BCUT2D eigenvalue weighted by Crippen LogP contribution is 2.59. The average molecular weight is 539 g/mol. The number of nitrogens with zero attached hydrogens (tertiary/aromatic N) is 1. The minimum Gasteiger partial charge on any atom is -0.483 e. The molecular formula is C22H27ClF3N2O6P. The van der Waals surface area contributed by atoms with Crippen LogP contribution in [0, 0.1) is 0 Å². The number of alkyl halides is 3. The second-order valence-electron chi connectivity index (χ2n) is 7.32. The molecule has 13 heteroatoms. The molecule has 0 bridgehead atoms. The molecule has 1 aromatic carbocycles. The van der Waals surface area contributed by atoms with Crippen LogP contribution >= 0.6 is 19.2 Å². The number of benzene rings is 1. The van der Waals surface area contributed by atoms with E-state index < -0.39 is 36.5 Å². The van der Waals surface area contributed by atoms with E-state index in [4.69, 9.17) is 35.9 Å². The lowest BCUT2D eigenvalue weighted by molar-refractivity contribution is -0.137. The maximum Gasteiger partial charge on any atom is 0.417 e. The molecule has 194 valence electrons. The lowest BCUT2D eigenvalue weighted by Crippen LogP contribution is -2.53. The molecule has 0 aliphatic heterocycles. The number of Topliss-reactive ketones (excluding diaryl/α,β-unsaturated/α-hetero) is 1. The highest BCUT2D eigenvalue weighted by molar-refractivity contribution is 7.56. The number of halogens is 4. The number of carbonyl (C=O) groups excluding carboxylic acids is 1. The average Bonchev–Trinajstić information content (AvgIpc) is 2.80. The molecule has 1 heterocycles. The molecule has 0 saturated carbocycles. The van der Waals surface area contributed by atoms with Gasteiger partial charge in [0.05, 0.1) is 18.8 Å². The Bertz CT molecular complexity index is 1060. The standard InChI is InChI=1S/C22H27ClF3N2O6P/c1-5-21(27,35(30,31-6-2)32-7-3)19(29)14(4)33-16-8-10-17(11-9-16)34-20-18(23)12-15(13-28-20)22(24,25)26/h8-14H,5-7,27H2,1-4H3. The Labute approximate surface area is 206 Å². The van der Waals surface area contributed by atoms with Crippen LogP contribution in [0.2, 0.25) is 5.02 Å². The van der Waals surface area contributed by atoms with Crippen molar-refractivity contribution in [2.45, 2.75) is 51.7 Å². The predicted molar refractivity (Wildman–Crippen MR) is 124 cm³/mol. The van der Waals surface area contributed by atoms with Gasteiger partial charge in [-0.1, -0.05) is 18.5 Å². The zero-order chi connectivity index (χ0) is 26.4. The summed E-state index contributed by atoms with van der Waals surface area (Å²) in [5.74, 6) is -0.406. The van der Waals surface area contributed by atoms with Crippen molar-refractivity contribution in [1.29, 1.82) is 0 Å². The van der Waals surface area contributed by atoms with Gasteiger partial charge in [0, 0.05) is 6.20 Å². The number of pyridine rings is 1. The third-order valence-corrected chi connectivity index (χ3v) is 7.89. The number of carbonyl (C=O) groups is 1. The van der Waals surface area contributed by atoms with Crippen LogP contribution in [0.4, 0.5) is 13.2 Å². The van der Waals surface area contributed by atoms with Crippen LogP contribution in [0.5, 0.6) is 17.4 Å². The summed E-state index contributed by atoms with van der Waals surface area (Å²) in [4.78, 5) is 16.7. The first-order valence-corrected chi connectivity index (χ1v) is 12.6. The van der Waals surface area contributed by atoms with Gasteiger partial charge in [0.15, 0.2) is 11.4 Å². The van der Waals surface area contributed by atoms with E-state index in [2.05, 4.69) is 4.98 Å². The molecule has 0 aliphatic rings. The molecule has 0 fully saturated rings. The van der Waals surface area contributed by atoms with Gasteiger partial charge >= 0.3 is 13.8 Å². The molecule has 1 aromatic heterocycles. The Morgan fingerprint density at radius 3 is 2.11 bits per heavy atom. The molecule has 8 nitrogen and oxygen atoms in total. The van der Waals surface area contributed by atoms with E-state index in [9.17, 15) is 22.5 Å². The normalized spacial score (nSPS) is 14.8. The minimum atomic E-state index is -4.58. The van der Waals surface area contributed by atoms with E-state index in [1.54, 1.807) is 20.8 Å². The first-order valence-electron chi connectivity index (χ1n) is 10.7. The number of hydrogen-bond donors (Lipinski definition) is 1. The zero-order valence-corrected chi connectivity index (χ0v) is 21.2. The summed E-state index contributed by atoms with van der Waals surface area (Å²) >= 11 is 5.85. The third-order valence-electron chi connectivity index (χ3n) is 4.91. The van der Waals surface area contributed by atoms with Crippen molar-refractivity contribution in [2.75, 3.05) is 13.2 Å². The van der Waals surface area contributed by atoms with E-state index >= 15 is 0 Å². The second kappa shape index (κ2) is 11.7. The van der Waals surface area contributed by atoms with Crippen LogP contribution in [-0.4, -0.2) is 35.4 Å². The third kappa shape index (κ3) is 6.74. The smallest absolute Gasteiger partial charge is 0.417 e. The molecule has 0 spiro atoms. The van der Waals surface area contributed by atoms with Gasteiger partial charge < -0.3 is 24.3 Å². The van der Waals surface area contributed by atoms with E-state index in [1.807, 2.05) is 0 Å². The number of aromatic nitrogens is 1. The highest BCUT2D eigenvalue weighted by atomic mass is 35.5. The van der Waals surface area contributed by atoms with Crippen LogP contribution in [0.3, 0.4) is 0 Å². The molecule has 0 saturated heterocycles. The number of nitrogens with two attached hydrogens (primary N) is 1. The minimum absolute atomic E-state index is 0.00945. The van der Waals surface area contributed by atoms with Gasteiger partial charge in [-0.2, -0.15) is 13.2 Å². The molecule has 2 unspecified atom stereocenters. The fourth-order valence-corrected chi connectivity index (χ4v) is 5.33. The molecule has 0 aliphatic carbocycles. The molecule has 2 aromatic rings. The molecule has 35 heavy (non-hydrogen) atoms. The van der Waals surface area contributed by atoms with Crippen molar-refractivity contribution < 1.29 is 41.1 Å². The predicted octanol–water partition coefficient (Wildman–Crippen LogP) is 6.21. The zero-order valence-electron chi connectivity index (χ0n) is 19.6. The maximum atomic E-state index is 13.2. The molecular weight excluding hydrogens is 512 g/mol. The van der Waals surface area contributed by atoms with E-state index in [-0.39, 0.29) is 42.0 Å². The van der Waals surface area contributed by atoms with Crippen LogP contribution in [0.1, 0.15) is 39.7 Å². The Morgan fingerprint density at radius 2 is 1.66 bits per heavy atom. The number of ether oxygens (including phenoxy) is 2. The quantitative estimate of drug-likeness (QED) is 0.317. The Balaban J connectivity index is 2.14. The van der Waals surface area contributed by atoms with Crippen LogP contribution in [-0.2, 0) is 24.6 Å². The van der Waals surface area contributed by atoms with Gasteiger partial charge in [0.2, 0.25) is 11.7 Å². The first kappa shape index (κ1) is 29.1. The molecule has 2 rings (SSSR count). The summed E-state index contributed by atoms with van der Waals surface area (Å²) in [6, 6.07) is 6.54. The summed E-state index contributed by atoms with van der Waals surface area (Å²) < 4.78 is 73.2. The van der Waals surface area contributed by atoms with Gasteiger partial charge in [0.1, 0.15) is 16.5 Å². The molecule has 2 atom stereocenters. The van der Waals surface area contributed by atoms with E-state index in [1.165, 1.54) is 31.2 Å². The van der Waals surface area contributed by atoms with Gasteiger partial charge in [0.25, 0.3) is 0 Å². The Morgan fingerprint density at radius 1 is 1.11 bits per heavy atom. The SMILES string of the molecule is CCOP(=O)(OCC)C(N)(CC)C(=O)C(C)Oc1ccc(Oc2ncc(C(F)(F)F)cc2Cl)cc1. The van der Waals surface area contributed by atoms with Gasteiger partial charge in [-0.3, -0.25) is 9.36 Å².